The molecule has 2 heterocycles. The van der Waals surface area contributed by atoms with Crippen LogP contribution in [0.15, 0.2) is 0 Å². The number of hydrogen-bond acceptors (Lipinski definition) is 4. The summed E-state index contributed by atoms with van der Waals surface area (Å²) in [6.07, 6.45) is 2.40. The molecule has 1 spiro atoms. The molecule has 2 unspecified atom stereocenters. The number of imide groups is 1. The van der Waals surface area contributed by atoms with Crippen LogP contribution in [0, 0.1) is 11.8 Å². The molecule has 7 heteroatoms. The van der Waals surface area contributed by atoms with Crippen molar-refractivity contribution in [2.45, 2.75) is 51.6 Å². The lowest BCUT2D eigenvalue weighted by atomic mass is 9.71. The van der Waals surface area contributed by atoms with E-state index in [-0.39, 0.29) is 24.4 Å². The highest BCUT2D eigenvalue weighted by Gasteiger charge is 2.54. The summed E-state index contributed by atoms with van der Waals surface area (Å²) in [4.78, 5) is 40.7. The molecule has 2 N–H and O–H groups in total. The molecule has 3 fully saturated rings. The van der Waals surface area contributed by atoms with Crippen molar-refractivity contribution in [2.24, 2.45) is 11.8 Å². The van der Waals surface area contributed by atoms with Gasteiger partial charge in [-0.1, -0.05) is 13.8 Å². The van der Waals surface area contributed by atoms with Gasteiger partial charge in [0.25, 0.3) is 5.91 Å². The monoisotopic (exact) mass is 336 g/mol. The van der Waals surface area contributed by atoms with E-state index in [0.29, 0.717) is 37.8 Å². The van der Waals surface area contributed by atoms with E-state index in [1.165, 1.54) is 0 Å². The molecule has 0 aromatic heterocycles. The van der Waals surface area contributed by atoms with Crippen LogP contribution in [0.5, 0.6) is 0 Å². The molecule has 4 amide bonds. The largest absolute Gasteiger partial charge is 0.338 e. The Balaban J connectivity index is 1.69. The lowest BCUT2D eigenvalue weighted by Gasteiger charge is -2.38. The van der Waals surface area contributed by atoms with Gasteiger partial charge in [0.15, 0.2) is 0 Å². The van der Waals surface area contributed by atoms with Crippen LogP contribution in [0.1, 0.15) is 40.0 Å². The summed E-state index contributed by atoms with van der Waals surface area (Å²) < 4.78 is 0. The highest BCUT2D eigenvalue weighted by molar-refractivity contribution is 6.09. The van der Waals surface area contributed by atoms with Gasteiger partial charge in [-0.15, -0.1) is 0 Å². The SMILES string of the molecule is CC1CC(C)CC2(C1)NC(=O)N(CC(=O)N1CCN[C@H](C)C1)C2=O. The van der Waals surface area contributed by atoms with E-state index < -0.39 is 11.6 Å². The first-order valence-corrected chi connectivity index (χ1v) is 8.96. The van der Waals surface area contributed by atoms with Crippen LogP contribution in [0.25, 0.3) is 0 Å². The number of nitrogens with zero attached hydrogens (tertiary/aromatic N) is 2. The number of nitrogens with one attached hydrogen (secondary N) is 2. The Kier molecular flexibility index (Phi) is 4.55. The Morgan fingerprint density at radius 2 is 1.88 bits per heavy atom. The molecular weight excluding hydrogens is 308 g/mol. The van der Waals surface area contributed by atoms with Gasteiger partial charge in [-0.25, -0.2) is 4.79 Å². The second-order valence-electron chi connectivity index (χ2n) is 7.95. The number of rotatable bonds is 2. The molecule has 1 saturated carbocycles. The van der Waals surface area contributed by atoms with Crippen LogP contribution >= 0.6 is 0 Å². The van der Waals surface area contributed by atoms with Crippen molar-refractivity contribution >= 4 is 17.8 Å². The van der Waals surface area contributed by atoms with Crippen LogP contribution < -0.4 is 10.6 Å². The molecule has 0 aromatic carbocycles. The van der Waals surface area contributed by atoms with Crippen molar-refractivity contribution in [3.8, 4) is 0 Å². The van der Waals surface area contributed by atoms with Crippen LogP contribution in [0.4, 0.5) is 4.79 Å². The van der Waals surface area contributed by atoms with Crippen molar-refractivity contribution in [3.63, 3.8) is 0 Å². The fourth-order valence-corrected chi connectivity index (χ4v) is 4.62. The number of carbonyl (C=O) groups excluding carboxylic acids is 3. The number of carbonyl (C=O) groups is 3. The summed E-state index contributed by atoms with van der Waals surface area (Å²) in [6.45, 7) is 8.08. The minimum absolute atomic E-state index is 0.151. The van der Waals surface area contributed by atoms with Gasteiger partial charge in [0, 0.05) is 25.7 Å². The molecule has 0 aromatic rings. The molecule has 3 rings (SSSR count). The topological polar surface area (TPSA) is 81.8 Å². The third-order valence-electron chi connectivity index (χ3n) is 5.46. The van der Waals surface area contributed by atoms with E-state index in [9.17, 15) is 14.4 Å². The second kappa shape index (κ2) is 6.35. The minimum Gasteiger partial charge on any atom is -0.338 e. The van der Waals surface area contributed by atoms with Crippen LogP contribution in [-0.4, -0.2) is 65.4 Å². The maximum atomic E-state index is 12.9. The fraction of sp³-hybridized carbons (Fsp3) is 0.824. The Labute approximate surface area is 143 Å². The summed E-state index contributed by atoms with van der Waals surface area (Å²) in [5.74, 6) is 0.411. The molecular formula is C17H28N4O3. The third-order valence-corrected chi connectivity index (χ3v) is 5.46. The van der Waals surface area contributed by atoms with Crippen molar-refractivity contribution in [1.29, 1.82) is 0 Å². The van der Waals surface area contributed by atoms with Gasteiger partial charge < -0.3 is 15.5 Å². The average molecular weight is 336 g/mol. The zero-order valence-corrected chi connectivity index (χ0v) is 14.8. The second-order valence-corrected chi connectivity index (χ2v) is 7.95. The molecule has 7 nitrogen and oxygen atoms in total. The van der Waals surface area contributed by atoms with Crippen molar-refractivity contribution in [1.82, 2.24) is 20.4 Å². The van der Waals surface area contributed by atoms with Crippen molar-refractivity contribution < 1.29 is 14.4 Å². The van der Waals surface area contributed by atoms with Gasteiger partial charge in [0.1, 0.15) is 12.1 Å². The lowest BCUT2D eigenvalue weighted by molar-refractivity contribution is -0.140. The first kappa shape index (κ1) is 17.2. The molecule has 3 atom stereocenters. The Morgan fingerprint density at radius 3 is 2.50 bits per heavy atom. The highest BCUT2D eigenvalue weighted by Crippen LogP contribution is 2.39. The molecule has 0 bridgehead atoms. The molecule has 3 aliphatic rings. The van der Waals surface area contributed by atoms with Crippen molar-refractivity contribution in [2.75, 3.05) is 26.2 Å². The molecule has 24 heavy (non-hydrogen) atoms. The molecule has 1 aliphatic carbocycles. The van der Waals surface area contributed by atoms with E-state index in [1.54, 1.807) is 4.90 Å². The number of urea groups is 1. The Morgan fingerprint density at radius 1 is 1.21 bits per heavy atom. The van der Waals surface area contributed by atoms with E-state index in [4.69, 9.17) is 0 Å². The standard InChI is InChI=1S/C17H28N4O3/c1-11-6-12(2)8-17(7-11)15(23)21(16(24)19-17)10-14(22)20-5-4-18-13(3)9-20/h11-13,18H,4-10H2,1-3H3,(H,19,24)/t11?,12?,13-,17?/m1/s1. The fourth-order valence-electron chi connectivity index (χ4n) is 4.62. The molecule has 0 radical (unpaired) electrons. The molecule has 134 valence electrons. The van der Waals surface area contributed by atoms with Gasteiger partial charge >= 0.3 is 6.03 Å². The van der Waals surface area contributed by atoms with E-state index in [2.05, 4.69) is 24.5 Å². The van der Waals surface area contributed by atoms with Gasteiger partial charge in [0.05, 0.1) is 0 Å². The number of piperazine rings is 1. The predicted octanol–water partition coefficient (Wildman–Crippen LogP) is 0.553. The number of amides is 4. The zero-order valence-electron chi connectivity index (χ0n) is 14.8. The number of hydrogen-bond donors (Lipinski definition) is 2. The summed E-state index contributed by atoms with van der Waals surface area (Å²) >= 11 is 0. The van der Waals surface area contributed by atoms with Gasteiger partial charge in [-0.2, -0.15) is 0 Å². The van der Waals surface area contributed by atoms with Gasteiger partial charge in [-0.05, 0) is 38.0 Å². The Bertz CT molecular complexity index is 540. The van der Waals surface area contributed by atoms with Gasteiger partial charge in [0.2, 0.25) is 5.91 Å². The summed E-state index contributed by atoms with van der Waals surface area (Å²) in [7, 11) is 0. The van der Waals surface area contributed by atoms with Crippen LogP contribution in [0.2, 0.25) is 0 Å². The first-order valence-electron chi connectivity index (χ1n) is 8.96. The summed E-state index contributed by atoms with van der Waals surface area (Å²) in [6, 6.07) is -0.185. The zero-order chi connectivity index (χ0) is 17.5. The maximum absolute atomic E-state index is 12.9. The normalized spacial score (nSPS) is 37.0. The van der Waals surface area contributed by atoms with E-state index in [0.717, 1.165) is 17.9 Å². The third kappa shape index (κ3) is 3.14. The van der Waals surface area contributed by atoms with Gasteiger partial charge in [-0.3, -0.25) is 14.5 Å². The smallest absolute Gasteiger partial charge is 0.325 e. The van der Waals surface area contributed by atoms with Crippen molar-refractivity contribution in [3.05, 3.63) is 0 Å². The first-order chi connectivity index (χ1) is 11.3. The summed E-state index contributed by atoms with van der Waals surface area (Å²) in [5.41, 5.74) is -0.800. The minimum atomic E-state index is -0.800. The van der Waals surface area contributed by atoms with E-state index in [1.807, 2.05) is 6.92 Å². The quantitative estimate of drug-likeness (QED) is 0.722. The predicted molar refractivity (Wildman–Crippen MR) is 89.2 cm³/mol. The summed E-state index contributed by atoms with van der Waals surface area (Å²) in [5, 5.41) is 6.18. The Hall–Kier alpha value is -1.63. The highest BCUT2D eigenvalue weighted by atomic mass is 16.2. The molecule has 2 saturated heterocycles. The van der Waals surface area contributed by atoms with Crippen LogP contribution in [0.3, 0.4) is 0 Å². The molecule has 2 aliphatic heterocycles. The van der Waals surface area contributed by atoms with Crippen LogP contribution in [-0.2, 0) is 9.59 Å². The van der Waals surface area contributed by atoms with E-state index >= 15 is 0 Å². The lowest BCUT2D eigenvalue weighted by Crippen LogP contribution is -2.54. The maximum Gasteiger partial charge on any atom is 0.325 e. The average Bonchev–Trinajstić information content (AvgIpc) is 2.70.